The normalized spacial score (nSPS) is 13.0. The van der Waals surface area contributed by atoms with Crippen molar-refractivity contribution in [1.82, 2.24) is 10.0 Å². The fourth-order valence-electron chi connectivity index (χ4n) is 0.966. The summed E-state index contributed by atoms with van der Waals surface area (Å²) >= 11 is 4.60. The Morgan fingerprint density at radius 2 is 2.06 bits per heavy atom. The molecule has 18 heavy (non-hydrogen) atoms. The Kier molecular flexibility index (Phi) is 8.00. The van der Waals surface area contributed by atoms with E-state index in [9.17, 15) is 13.2 Å². The molecule has 7 nitrogen and oxygen atoms in total. The van der Waals surface area contributed by atoms with Gasteiger partial charge in [-0.1, -0.05) is 12.2 Å². The minimum absolute atomic E-state index is 0.00804. The fraction of sp³-hybridized carbons (Fsp3) is 0.778. The Morgan fingerprint density at radius 1 is 1.44 bits per heavy atom. The Bertz CT molecular complexity index is 383. The number of ether oxygens (including phenoxy) is 1. The van der Waals surface area contributed by atoms with E-state index >= 15 is 0 Å². The zero-order valence-corrected chi connectivity index (χ0v) is 12.1. The van der Waals surface area contributed by atoms with Crippen LogP contribution in [0.15, 0.2) is 0 Å². The van der Waals surface area contributed by atoms with Gasteiger partial charge in [0.05, 0.1) is 11.6 Å². The van der Waals surface area contributed by atoms with Crippen LogP contribution in [0.1, 0.15) is 13.3 Å². The highest BCUT2D eigenvalue weighted by atomic mass is 32.2. The van der Waals surface area contributed by atoms with Crippen LogP contribution in [0, 0.1) is 0 Å². The van der Waals surface area contributed by atoms with E-state index in [1.807, 2.05) is 0 Å². The molecular weight excluding hydrogens is 278 g/mol. The average molecular weight is 297 g/mol. The molecule has 0 heterocycles. The van der Waals surface area contributed by atoms with Crippen LogP contribution < -0.4 is 15.8 Å². The van der Waals surface area contributed by atoms with Crippen LogP contribution in [0.25, 0.3) is 0 Å². The second-order valence-electron chi connectivity index (χ2n) is 3.58. The Labute approximate surface area is 112 Å². The Balaban J connectivity index is 3.97. The van der Waals surface area contributed by atoms with Gasteiger partial charge in [-0.3, -0.25) is 4.79 Å². The molecule has 4 N–H and O–H groups in total. The van der Waals surface area contributed by atoms with Crippen LogP contribution in [0.4, 0.5) is 0 Å². The van der Waals surface area contributed by atoms with Crippen LogP contribution in [0.5, 0.6) is 0 Å². The molecule has 0 rings (SSSR count). The van der Waals surface area contributed by atoms with Gasteiger partial charge in [0.2, 0.25) is 15.9 Å². The molecule has 0 aliphatic carbocycles. The second-order valence-corrected chi connectivity index (χ2v) is 6.13. The van der Waals surface area contributed by atoms with Gasteiger partial charge in [0.25, 0.3) is 0 Å². The van der Waals surface area contributed by atoms with E-state index in [2.05, 4.69) is 22.3 Å². The number of sulfonamides is 1. The van der Waals surface area contributed by atoms with Gasteiger partial charge in [-0.05, 0) is 6.92 Å². The summed E-state index contributed by atoms with van der Waals surface area (Å²) in [5, 5.41) is 1.62. The molecule has 1 unspecified atom stereocenters. The third-order valence-corrected chi connectivity index (χ3v) is 4.44. The van der Waals surface area contributed by atoms with Crippen molar-refractivity contribution in [3.8, 4) is 0 Å². The van der Waals surface area contributed by atoms with Gasteiger partial charge in [-0.2, -0.15) is 0 Å². The average Bonchev–Trinajstić information content (AvgIpc) is 2.28. The molecule has 9 heteroatoms. The number of hydrogen-bond acceptors (Lipinski definition) is 5. The zero-order valence-electron chi connectivity index (χ0n) is 10.4. The lowest BCUT2D eigenvalue weighted by atomic mass is 10.4. The number of amides is 1. The number of nitrogens with two attached hydrogens (primary N) is 1. The molecule has 0 fully saturated rings. The molecular formula is C9H19N3O4S2. The Morgan fingerprint density at radius 3 is 2.56 bits per heavy atom. The van der Waals surface area contributed by atoms with Gasteiger partial charge in [-0.15, -0.1) is 0 Å². The number of nitrogens with one attached hydrogen (secondary N) is 2. The predicted octanol–water partition coefficient (Wildman–Crippen LogP) is -1.27. The van der Waals surface area contributed by atoms with Crippen molar-refractivity contribution in [2.45, 2.75) is 18.6 Å². The van der Waals surface area contributed by atoms with Crippen molar-refractivity contribution in [1.29, 1.82) is 0 Å². The van der Waals surface area contributed by atoms with Crippen molar-refractivity contribution in [2.75, 3.05) is 26.8 Å². The Hall–Kier alpha value is -0.770. The van der Waals surface area contributed by atoms with Crippen LogP contribution in [-0.4, -0.2) is 51.4 Å². The molecule has 0 radical (unpaired) electrons. The topological polar surface area (TPSA) is 111 Å². The molecule has 0 saturated heterocycles. The second kappa shape index (κ2) is 8.35. The van der Waals surface area contributed by atoms with Crippen molar-refractivity contribution in [3.05, 3.63) is 0 Å². The van der Waals surface area contributed by atoms with Gasteiger partial charge >= 0.3 is 0 Å². The van der Waals surface area contributed by atoms with Gasteiger partial charge in [-0.25, -0.2) is 13.1 Å². The van der Waals surface area contributed by atoms with Crippen molar-refractivity contribution < 1.29 is 17.9 Å². The quantitative estimate of drug-likeness (QED) is 0.362. The van der Waals surface area contributed by atoms with Gasteiger partial charge in [0, 0.05) is 26.6 Å². The predicted molar refractivity (Wildman–Crippen MR) is 72.7 cm³/mol. The standard InChI is InChI=1S/C9H19N3O4S2/c1-7(9(10)17)18(14,15)12-4-3-8(13)11-5-6-16-2/h7,12H,3-6H2,1-2H3,(H2,10,17)(H,11,13). The first-order valence-corrected chi connectivity index (χ1v) is 7.30. The highest BCUT2D eigenvalue weighted by Gasteiger charge is 2.22. The third kappa shape index (κ3) is 6.84. The molecule has 1 amide bonds. The molecule has 106 valence electrons. The molecule has 0 aliphatic rings. The summed E-state index contributed by atoms with van der Waals surface area (Å²) in [5.41, 5.74) is 5.25. The molecule has 0 aliphatic heterocycles. The zero-order chi connectivity index (χ0) is 14.2. The fourth-order valence-corrected chi connectivity index (χ4v) is 2.29. The molecule has 0 bridgehead atoms. The highest BCUT2D eigenvalue weighted by molar-refractivity contribution is 7.93. The maximum absolute atomic E-state index is 11.6. The number of rotatable bonds is 9. The summed E-state index contributed by atoms with van der Waals surface area (Å²) in [5.74, 6) is -0.252. The van der Waals surface area contributed by atoms with Crippen LogP contribution in [-0.2, 0) is 19.6 Å². The van der Waals surface area contributed by atoms with E-state index < -0.39 is 15.3 Å². The summed E-state index contributed by atoms with van der Waals surface area (Å²) in [6, 6.07) is 0. The van der Waals surface area contributed by atoms with E-state index in [0.29, 0.717) is 13.2 Å². The third-order valence-electron chi connectivity index (χ3n) is 2.15. The lowest BCUT2D eigenvalue weighted by molar-refractivity contribution is -0.121. The molecule has 0 aromatic carbocycles. The molecule has 0 saturated carbocycles. The first-order chi connectivity index (χ1) is 8.31. The molecule has 1 atom stereocenters. The maximum atomic E-state index is 11.6. The summed E-state index contributed by atoms with van der Waals surface area (Å²) < 4.78 is 30.2. The van der Waals surface area contributed by atoms with E-state index in [1.165, 1.54) is 14.0 Å². The number of hydrogen-bond donors (Lipinski definition) is 3. The number of carbonyl (C=O) groups is 1. The largest absolute Gasteiger partial charge is 0.392 e. The van der Waals surface area contributed by atoms with E-state index in [1.54, 1.807) is 0 Å². The maximum Gasteiger partial charge on any atom is 0.221 e. The summed E-state index contributed by atoms with van der Waals surface area (Å²) in [7, 11) is -2.08. The van der Waals surface area contributed by atoms with Crippen molar-refractivity contribution in [3.63, 3.8) is 0 Å². The molecule has 0 aromatic rings. The minimum atomic E-state index is -3.60. The smallest absolute Gasteiger partial charge is 0.221 e. The van der Waals surface area contributed by atoms with E-state index in [0.717, 1.165) is 0 Å². The van der Waals surface area contributed by atoms with Crippen LogP contribution in [0.2, 0.25) is 0 Å². The lowest BCUT2D eigenvalue weighted by Gasteiger charge is -2.12. The summed E-state index contributed by atoms with van der Waals surface area (Å²) in [6.07, 6.45) is 0.0486. The van der Waals surface area contributed by atoms with Crippen LogP contribution >= 0.6 is 12.2 Å². The van der Waals surface area contributed by atoms with Gasteiger partial charge in [0.1, 0.15) is 5.25 Å². The van der Waals surface area contributed by atoms with E-state index in [4.69, 9.17) is 10.5 Å². The van der Waals surface area contributed by atoms with Gasteiger partial charge < -0.3 is 15.8 Å². The number of thiocarbonyl (C=S) groups is 1. The van der Waals surface area contributed by atoms with Crippen LogP contribution in [0.3, 0.4) is 0 Å². The first-order valence-electron chi connectivity index (χ1n) is 5.34. The SMILES string of the molecule is COCCNC(=O)CCNS(=O)(=O)C(C)C(N)=S. The molecule has 0 aromatic heterocycles. The summed E-state index contributed by atoms with van der Waals surface area (Å²) in [6.45, 7) is 2.21. The summed E-state index contributed by atoms with van der Waals surface area (Å²) in [4.78, 5) is 11.2. The lowest BCUT2D eigenvalue weighted by Crippen LogP contribution is -2.41. The highest BCUT2D eigenvalue weighted by Crippen LogP contribution is 1.98. The van der Waals surface area contributed by atoms with Crippen molar-refractivity contribution >= 4 is 33.1 Å². The first kappa shape index (κ1) is 17.2. The molecule has 0 spiro atoms. The van der Waals surface area contributed by atoms with Crippen molar-refractivity contribution in [2.24, 2.45) is 5.73 Å². The minimum Gasteiger partial charge on any atom is -0.392 e. The van der Waals surface area contributed by atoms with E-state index in [-0.39, 0.29) is 23.9 Å². The number of methoxy groups -OCH3 is 1. The van der Waals surface area contributed by atoms with Gasteiger partial charge in [0.15, 0.2) is 0 Å². The number of carbonyl (C=O) groups excluding carboxylic acids is 1. The monoisotopic (exact) mass is 297 g/mol.